The van der Waals surface area contributed by atoms with E-state index in [-0.39, 0.29) is 6.04 Å². The summed E-state index contributed by atoms with van der Waals surface area (Å²) in [4.78, 5) is 0. The van der Waals surface area contributed by atoms with Crippen molar-refractivity contribution in [2.24, 2.45) is 5.10 Å². The van der Waals surface area contributed by atoms with E-state index < -0.39 is 0 Å². The zero-order valence-electron chi connectivity index (χ0n) is 14.8. The highest BCUT2D eigenvalue weighted by molar-refractivity contribution is 6.31. The minimum atomic E-state index is 0.0998. The van der Waals surface area contributed by atoms with E-state index in [2.05, 4.69) is 17.1 Å². The zero-order chi connectivity index (χ0) is 18.8. The van der Waals surface area contributed by atoms with E-state index in [4.69, 9.17) is 33.0 Å². The molecule has 5 heteroatoms. The van der Waals surface area contributed by atoms with Gasteiger partial charge in [0.1, 0.15) is 5.75 Å². The van der Waals surface area contributed by atoms with Crippen LogP contribution in [0.15, 0.2) is 77.9 Å². The standard InChI is InChI=1S/C22H18Cl2N2O/c1-27-20-12-4-16(5-13-20)22-14-21(15-2-6-17(23)7-3-15)25-26(22)19-10-8-18(24)9-11-19/h2-13,22H,14H2,1H3. The first-order valence-corrected chi connectivity index (χ1v) is 9.42. The number of ether oxygens (including phenoxy) is 1. The lowest BCUT2D eigenvalue weighted by Gasteiger charge is -2.24. The number of benzene rings is 3. The molecule has 1 aliphatic heterocycles. The summed E-state index contributed by atoms with van der Waals surface area (Å²) < 4.78 is 5.29. The molecule has 0 N–H and O–H groups in total. The van der Waals surface area contributed by atoms with Gasteiger partial charge in [-0.1, -0.05) is 47.5 Å². The summed E-state index contributed by atoms with van der Waals surface area (Å²) in [5.41, 5.74) is 4.29. The molecular weight excluding hydrogens is 379 g/mol. The van der Waals surface area contributed by atoms with Crippen molar-refractivity contribution in [2.45, 2.75) is 12.5 Å². The van der Waals surface area contributed by atoms with Gasteiger partial charge in [-0.05, 0) is 59.7 Å². The Kier molecular flexibility index (Phi) is 5.06. The SMILES string of the molecule is COc1ccc(C2CC(c3ccc(Cl)cc3)=NN2c2ccc(Cl)cc2)cc1. The van der Waals surface area contributed by atoms with Crippen LogP contribution in [0.3, 0.4) is 0 Å². The summed E-state index contributed by atoms with van der Waals surface area (Å²) >= 11 is 12.1. The first-order valence-electron chi connectivity index (χ1n) is 8.66. The van der Waals surface area contributed by atoms with Crippen molar-refractivity contribution in [3.8, 4) is 5.75 Å². The second kappa shape index (κ2) is 7.63. The van der Waals surface area contributed by atoms with Crippen LogP contribution < -0.4 is 9.75 Å². The van der Waals surface area contributed by atoms with Gasteiger partial charge in [0.05, 0.1) is 24.6 Å². The van der Waals surface area contributed by atoms with Crippen LogP contribution in [0.25, 0.3) is 0 Å². The fourth-order valence-corrected chi connectivity index (χ4v) is 3.50. The Morgan fingerprint density at radius 1 is 0.852 bits per heavy atom. The van der Waals surface area contributed by atoms with E-state index in [1.165, 1.54) is 5.56 Å². The lowest BCUT2D eigenvalue weighted by Crippen LogP contribution is -2.18. The van der Waals surface area contributed by atoms with E-state index in [0.29, 0.717) is 5.02 Å². The number of hydrazone groups is 1. The Bertz CT molecular complexity index is 951. The third kappa shape index (κ3) is 3.80. The second-order valence-corrected chi connectivity index (χ2v) is 7.24. The van der Waals surface area contributed by atoms with Gasteiger partial charge in [-0.15, -0.1) is 0 Å². The van der Waals surface area contributed by atoms with Crippen LogP contribution in [-0.4, -0.2) is 12.8 Å². The van der Waals surface area contributed by atoms with Crippen LogP contribution in [0.5, 0.6) is 5.75 Å². The van der Waals surface area contributed by atoms with Crippen LogP contribution >= 0.6 is 23.2 Å². The molecule has 3 nitrogen and oxygen atoms in total. The van der Waals surface area contributed by atoms with Gasteiger partial charge in [0.2, 0.25) is 0 Å². The fraction of sp³-hybridized carbons (Fsp3) is 0.136. The Hall–Kier alpha value is -2.49. The maximum atomic E-state index is 6.06. The lowest BCUT2D eigenvalue weighted by atomic mass is 9.98. The van der Waals surface area contributed by atoms with Gasteiger partial charge in [-0.25, -0.2) is 0 Å². The lowest BCUT2D eigenvalue weighted by molar-refractivity contribution is 0.414. The third-order valence-corrected chi connectivity index (χ3v) is 5.18. The van der Waals surface area contributed by atoms with E-state index in [1.807, 2.05) is 60.7 Å². The Morgan fingerprint density at radius 2 is 1.44 bits per heavy atom. The summed E-state index contributed by atoms with van der Waals surface area (Å²) in [6, 6.07) is 23.8. The molecular formula is C22H18Cl2N2O. The summed E-state index contributed by atoms with van der Waals surface area (Å²) in [7, 11) is 1.67. The molecule has 1 atom stereocenters. The first-order chi connectivity index (χ1) is 13.1. The van der Waals surface area contributed by atoms with Crippen molar-refractivity contribution in [3.05, 3.63) is 94.0 Å². The topological polar surface area (TPSA) is 24.8 Å². The molecule has 4 rings (SSSR count). The van der Waals surface area contributed by atoms with Gasteiger partial charge in [0.25, 0.3) is 0 Å². The summed E-state index contributed by atoms with van der Waals surface area (Å²) in [5, 5.41) is 8.41. The van der Waals surface area contributed by atoms with Gasteiger partial charge in [0, 0.05) is 16.5 Å². The van der Waals surface area contributed by atoms with Crippen LogP contribution in [0.2, 0.25) is 10.0 Å². The third-order valence-electron chi connectivity index (χ3n) is 4.68. The molecule has 0 spiro atoms. The van der Waals surface area contributed by atoms with Crippen molar-refractivity contribution in [3.63, 3.8) is 0 Å². The normalized spacial score (nSPS) is 16.3. The van der Waals surface area contributed by atoms with Crippen LogP contribution in [0, 0.1) is 0 Å². The molecule has 3 aromatic rings. The molecule has 0 aromatic heterocycles. The summed E-state index contributed by atoms with van der Waals surface area (Å²) in [6.45, 7) is 0. The second-order valence-electron chi connectivity index (χ2n) is 6.37. The molecule has 0 aliphatic carbocycles. The fourth-order valence-electron chi connectivity index (χ4n) is 3.24. The molecule has 27 heavy (non-hydrogen) atoms. The highest BCUT2D eigenvalue weighted by Gasteiger charge is 2.29. The maximum Gasteiger partial charge on any atom is 0.118 e. The Labute approximate surface area is 168 Å². The molecule has 0 saturated heterocycles. The van der Waals surface area contributed by atoms with Gasteiger partial charge in [-0.3, -0.25) is 5.01 Å². The molecule has 1 heterocycles. The molecule has 0 saturated carbocycles. The van der Waals surface area contributed by atoms with Crippen molar-refractivity contribution in [1.29, 1.82) is 0 Å². The van der Waals surface area contributed by atoms with Crippen molar-refractivity contribution < 1.29 is 4.74 Å². The van der Waals surface area contributed by atoms with Gasteiger partial charge in [0.15, 0.2) is 0 Å². The number of hydrogen-bond donors (Lipinski definition) is 0. The molecule has 1 unspecified atom stereocenters. The maximum absolute atomic E-state index is 6.06. The minimum Gasteiger partial charge on any atom is -0.497 e. The molecule has 1 aliphatic rings. The average molecular weight is 397 g/mol. The highest BCUT2D eigenvalue weighted by atomic mass is 35.5. The predicted octanol–water partition coefficient (Wildman–Crippen LogP) is 6.36. The monoisotopic (exact) mass is 396 g/mol. The molecule has 0 fully saturated rings. The highest BCUT2D eigenvalue weighted by Crippen LogP contribution is 2.37. The summed E-state index contributed by atoms with van der Waals surface area (Å²) in [6.07, 6.45) is 0.802. The number of anilines is 1. The number of hydrogen-bond acceptors (Lipinski definition) is 3. The number of halogens is 2. The van der Waals surface area contributed by atoms with E-state index in [0.717, 1.165) is 34.2 Å². The number of rotatable bonds is 4. The smallest absolute Gasteiger partial charge is 0.118 e. The summed E-state index contributed by atoms with van der Waals surface area (Å²) in [5.74, 6) is 0.841. The van der Waals surface area contributed by atoms with E-state index in [1.54, 1.807) is 7.11 Å². The first kappa shape index (κ1) is 17.9. The molecule has 0 bridgehead atoms. The van der Waals surface area contributed by atoms with Crippen LogP contribution in [-0.2, 0) is 0 Å². The quantitative estimate of drug-likeness (QED) is 0.512. The Balaban J connectivity index is 1.72. The van der Waals surface area contributed by atoms with E-state index >= 15 is 0 Å². The van der Waals surface area contributed by atoms with Crippen LogP contribution in [0.4, 0.5) is 5.69 Å². The van der Waals surface area contributed by atoms with Crippen molar-refractivity contribution >= 4 is 34.6 Å². The number of nitrogens with zero attached hydrogens (tertiary/aromatic N) is 2. The minimum absolute atomic E-state index is 0.0998. The Morgan fingerprint density at radius 3 is 2.04 bits per heavy atom. The molecule has 0 amide bonds. The molecule has 3 aromatic carbocycles. The average Bonchev–Trinajstić information content (AvgIpc) is 3.14. The van der Waals surface area contributed by atoms with Crippen LogP contribution in [0.1, 0.15) is 23.6 Å². The van der Waals surface area contributed by atoms with Gasteiger partial charge < -0.3 is 4.74 Å². The van der Waals surface area contributed by atoms with E-state index in [9.17, 15) is 0 Å². The predicted molar refractivity (Wildman–Crippen MR) is 112 cm³/mol. The van der Waals surface area contributed by atoms with Gasteiger partial charge in [-0.2, -0.15) is 5.10 Å². The zero-order valence-corrected chi connectivity index (χ0v) is 16.3. The largest absolute Gasteiger partial charge is 0.497 e. The molecule has 0 radical (unpaired) electrons. The van der Waals surface area contributed by atoms with Gasteiger partial charge >= 0.3 is 0 Å². The van der Waals surface area contributed by atoms with Crippen molar-refractivity contribution in [1.82, 2.24) is 0 Å². The van der Waals surface area contributed by atoms with Crippen molar-refractivity contribution in [2.75, 3.05) is 12.1 Å². The molecule has 136 valence electrons. The number of methoxy groups -OCH3 is 1.